The van der Waals surface area contributed by atoms with E-state index in [0.29, 0.717) is 13.2 Å². The third-order valence-electron chi connectivity index (χ3n) is 3.13. The molecule has 2 rings (SSSR count). The van der Waals surface area contributed by atoms with Crippen LogP contribution in [0.3, 0.4) is 0 Å². The van der Waals surface area contributed by atoms with E-state index in [0.717, 1.165) is 12.0 Å². The van der Waals surface area contributed by atoms with Gasteiger partial charge in [-0.25, -0.2) is 4.39 Å². The first-order valence-corrected chi connectivity index (χ1v) is 6.14. The van der Waals surface area contributed by atoms with E-state index in [1.807, 2.05) is 0 Å². The molecular weight excluding hydrogens is 233 g/mol. The van der Waals surface area contributed by atoms with E-state index in [4.69, 9.17) is 4.74 Å². The number of halogens is 1. The molecule has 1 aromatic carbocycles. The Balaban J connectivity index is 2.21. The van der Waals surface area contributed by atoms with Gasteiger partial charge in [0.2, 0.25) is 0 Å². The number of carbonyl (C=O) groups excluding carboxylic acids is 1. The summed E-state index contributed by atoms with van der Waals surface area (Å²) in [4.78, 5) is 16.0. The van der Waals surface area contributed by atoms with E-state index < -0.39 is 0 Å². The Morgan fingerprint density at radius 2 is 2.17 bits per heavy atom. The average molecular weight is 249 g/mol. The van der Waals surface area contributed by atoms with Gasteiger partial charge < -0.3 is 4.74 Å². The Morgan fingerprint density at radius 1 is 1.44 bits per heavy atom. The van der Waals surface area contributed by atoms with Crippen molar-refractivity contribution in [1.82, 2.24) is 0 Å². The third-order valence-corrected chi connectivity index (χ3v) is 3.13. The number of nitrogens with zero attached hydrogens (tertiary/aromatic N) is 1. The van der Waals surface area contributed by atoms with Gasteiger partial charge in [0.25, 0.3) is 0 Å². The van der Waals surface area contributed by atoms with Gasteiger partial charge in [0, 0.05) is 18.7 Å². The second-order valence-corrected chi connectivity index (χ2v) is 4.28. The van der Waals surface area contributed by atoms with Crippen molar-refractivity contribution in [1.29, 1.82) is 0 Å². The third kappa shape index (κ3) is 2.75. The standard InChI is InChI=1S/C14H16FNO2/c1-2-18-14(17)13-9-16-8-7-12(13)10-3-5-11(15)6-4-10/h3-6,9,12-13H,2,7-8H2,1H3. The van der Waals surface area contributed by atoms with Gasteiger partial charge in [-0.15, -0.1) is 0 Å². The molecule has 18 heavy (non-hydrogen) atoms. The minimum absolute atomic E-state index is 0.0298. The van der Waals surface area contributed by atoms with Gasteiger partial charge in [-0.2, -0.15) is 0 Å². The van der Waals surface area contributed by atoms with Crippen LogP contribution in [0.2, 0.25) is 0 Å². The molecule has 4 heteroatoms. The van der Waals surface area contributed by atoms with E-state index in [1.54, 1.807) is 25.3 Å². The van der Waals surface area contributed by atoms with Gasteiger partial charge in [0.15, 0.2) is 0 Å². The normalized spacial score (nSPS) is 22.8. The molecule has 0 saturated heterocycles. The molecule has 0 amide bonds. The molecule has 0 aromatic heterocycles. The van der Waals surface area contributed by atoms with E-state index >= 15 is 0 Å². The number of carbonyl (C=O) groups is 1. The van der Waals surface area contributed by atoms with Crippen LogP contribution in [0, 0.1) is 11.7 Å². The molecule has 0 fully saturated rings. The lowest BCUT2D eigenvalue weighted by atomic mass is 9.82. The van der Waals surface area contributed by atoms with Crippen molar-refractivity contribution in [2.24, 2.45) is 10.9 Å². The summed E-state index contributed by atoms with van der Waals surface area (Å²) < 4.78 is 18.0. The number of hydrogen-bond donors (Lipinski definition) is 0. The molecule has 0 bridgehead atoms. The average Bonchev–Trinajstić information content (AvgIpc) is 2.40. The molecule has 1 aromatic rings. The summed E-state index contributed by atoms with van der Waals surface area (Å²) in [6.45, 7) is 2.84. The van der Waals surface area contributed by atoms with Crippen LogP contribution in [0.15, 0.2) is 29.3 Å². The Morgan fingerprint density at radius 3 is 2.83 bits per heavy atom. The summed E-state index contributed by atoms with van der Waals surface area (Å²) in [7, 11) is 0. The van der Waals surface area contributed by atoms with Gasteiger partial charge in [-0.3, -0.25) is 9.79 Å². The summed E-state index contributed by atoms with van der Waals surface area (Å²) in [6.07, 6.45) is 2.45. The summed E-state index contributed by atoms with van der Waals surface area (Å²) >= 11 is 0. The molecule has 3 nitrogen and oxygen atoms in total. The lowest BCUT2D eigenvalue weighted by Crippen LogP contribution is -2.29. The fraction of sp³-hybridized carbons (Fsp3) is 0.429. The van der Waals surface area contributed by atoms with Crippen LogP contribution in [0.5, 0.6) is 0 Å². The minimum atomic E-state index is -0.357. The molecular formula is C14H16FNO2. The maximum Gasteiger partial charge on any atom is 0.314 e. The lowest BCUT2D eigenvalue weighted by molar-refractivity contribution is -0.146. The lowest BCUT2D eigenvalue weighted by Gasteiger charge is -2.25. The van der Waals surface area contributed by atoms with Gasteiger partial charge >= 0.3 is 5.97 Å². The molecule has 0 radical (unpaired) electrons. The fourth-order valence-electron chi connectivity index (χ4n) is 2.23. The fourth-order valence-corrected chi connectivity index (χ4v) is 2.23. The predicted molar refractivity (Wildman–Crippen MR) is 67.2 cm³/mol. The van der Waals surface area contributed by atoms with E-state index in [2.05, 4.69) is 4.99 Å². The highest BCUT2D eigenvalue weighted by atomic mass is 19.1. The molecule has 2 atom stereocenters. The zero-order valence-electron chi connectivity index (χ0n) is 10.3. The Bertz CT molecular complexity index is 442. The highest BCUT2D eigenvalue weighted by molar-refractivity contribution is 5.91. The van der Waals surface area contributed by atoms with Crippen LogP contribution in [-0.4, -0.2) is 25.3 Å². The summed E-state index contributed by atoms with van der Waals surface area (Å²) in [5, 5.41) is 0. The zero-order chi connectivity index (χ0) is 13.0. The van der Waals surface area contributed by atoms with Crippen molar-refractivity contribution in [2.45, 2.75) is 19.3 Å². The molecule has 1 heterocycles. The maximum absolute atomic E-state index is 12.9. The first kappa shape index (κ1) is 12.7. The number of rotatable bonds is 3. The smallest absolute Gasteiger partial charge is 0.314 e. The van der Waals surface area contributed by atoms with Crippen LogP contribution in [-0.2, 0) is 9.53 Å². The molecule has 2 unspecified atom stereocenters. The van der Waals surface area contributed by atoms with Crippen molar-refractivity contribution in [3.05, 3.63) is 35.6 Å². The van der Waals surface area contributed by atoms with E-state index in [-0.39, 0.29) is 23.6 Å². The highest BCUT2D eigenvalue weighted by Crippen LogP contribution is 2.31. The summed E-state index contributed by atoms with van der Waals surface area (Å²) in [5.74, 6) is -0.850. The van der Waals surface area contributed by atoms with Crippen LogP contribution in [0.4, 0.5) is 4.39 Å². The van der Waals surface area contributed by atoms with E-state index in [1.165, 1.54) is 12.1 Å². The van der Waals surface area contributed by atoms with Crippen LogP contribution >= 0.6 is 0 Å². The molecule has 0 N–H and O–H groups in total. The van der Waals surface area contributed by atoms with Gasteiger partial charge in [0.1, 0.15) is 5.82 Å². The van der Waals surface area contributed by atoms with Crippen molar-refractivity contribution in [2.75, 3.05) is 13.2 Å². The molecule has 0 spiro atoms. The van der Waals surface area contributed by atoms with Crippen LogP contribution < -0.4 is 0 Å². The number of aliphatic imine (C=N–C) groups is 1. The first-order chi connectivity index (χ1) is 8.72. The SMILES string of the molecule is CCOC(=O)C1C=NCCC1c1ccc(F)cc1. The Hall–Kier alpha value is -1.71. The van der Waals surface area contributed by atoms with Crippen LogP contribution in [0.25, 0.3) is 0 Å². The Kier molecular flexibility index (Phi) is 4.07. The maximum atomic E-state index is 12.9. The quantitative estimate of drug-likeness (QED) is 0.772. The first-order valence-electron chi connectivity index (χ1n) is 6.14. The Labute approximate surface area is 106 Å². The predicted octanol–water partition coefficient (Wildman–Crippen LogP) is 2.56. The summed E-state index contributed by atoms with van der Waals surface area (Å²) in [5.41, 5.74) is 0.959. The molecule has 1 aliphatic rings. The number of ether oxygens (including phenoxy) is 1. The second-order valence-electron chi connectivity index (χ2n) is 4.28. The molecule has 1 aliphatic heterocycles. The molecule has 0 aliphatic carbocycles. The van der Waals surface area contributed by atoms with Gasteiger partial charge in [-0.1, -0.05) is 12.1 Å². The number of esters is 1. The van der Waals surface area contributed by atoms with Crippen molar-refractivity contribution in [3.8, 4) is 0 Å². The monoisotopic (exact) mass is 249 g/mol. The highest BCUT2D eigenvalue weighted by Gasteiger charge is 2.31. The van der Waals surface area contributed by atoms with Crippen molar-refractivity contribution >= 4 is 12.2 Å². The summed E-state index contributed by atoms with van der Waals surface area (Å²) in [6, 6.07) is 6.30. The number of hydrogen-bond acceptors (Lipinski definition) is 3. The van der Waals surface area contributed by atoms with Gasteiger partial charge in [0.05, 0.1) is 12.5 Å². The minimum Gasteiger partial charge on any atom is -0.465 e. The largest absolute Gasteiger partial charge is 0.465 e. The van der Waals surface area contributed by atoms with Gasteiger partial charge in [-0.05, 0) is 31.0 Å². The number of benzene rings is 1. The zero-order valence-corrected chi connectivity index (χ0v) is 10.3. The molecule has 0 saturated carbocycles. The van der Waals surface area contributed by atoms with Crippen molar-refractivity contribution in [3.63, 3.8) is 0 Å². The van der Waals surface area contributed by atoms with E-state index in [9.17, 15) is 9.18 Å². The second kappa shape index (κ2) is 5.76. The van der Waals surface area contributed by atoms with Crippen LogP contribution in [0.1, 0.15) is 24.8 Å². The molecule has 96 valence electrons. The van der Waals surface area contributed by atoms with Crippen molar-refractivity contribution < 1.29 is 13.9 Å². The topological polar surface area (TPSA) is 38.7 Å².